The number of amides is 3. The van der Waals surface area contributed by atoms with Crippen molar-refractivity contribution in [2.75, 3.05) is 26.2 Å². The molecule has 1 atom stereocenters. The molecule has 0 spiro atoms. The first-order valence-corrected chi connectivity index (χ1v) is 15.4. The van der Waals surface area contributed by atoms with E-state index in [4.69, 9.17) is 9.47 Å². The van der Waals surface area contributed by atoms with Gasteiger partial charge in [0.15, 0.2) is 0 Å². The van der Waals surface area contributed by atoms with Crippen molar-refractivity contribution in [1.82, 2.24) is 24.7 Å². The molecule has 1 aromatic heterocycles. The molecule has 1 aliphatic carbocycles. The molecule has 42 heavy (non-hydrogen) atoms. The van der Waals surface area contributed by atoms with Crippen LogP contribution in [0.5, 0.6) is 0 Å². The Morgan fingerprint density at radius 1 is 1.00 bits per heavy atom. The number of likely N-dealkylation sites (tertiary alicyclic amines) is 1. The Balaban J connectivity index is 1.07. The third-order valence-corrected chi connectivity index (χ3v) is 8.85. The number of piperidine rings is 2. The van der Waals surface area contributed by atoms with E-state index < -0.39 is 17.6 Å². The lowest BCUT2D eigenvalue weighted by atomic mass is 9.89. The minimum absolute atomic E-state index is 0.149. The van der Waals surface area contributed by atoms with E-state index in [1.54, 1.807) is 11.6 Å². The monoisotopic (exact) mass is 583 g/mol. The van der Waals surface area contributed by atoms with Crippen molar-refractivity contribution in [3.05, 3.63) is 34.2 Å². The molecule has 2 N–H and O–H groups in total. The second kappa shape index (κ2) is 12.6. The number of alkyl carbamates (subject to hydrolysis) is 1. The van der Waals surface area contributed by atoms with Crippen LogP contribution in [0.2, 0.25) is 0 Å². The molecule has 3 heterocycles. The van der Waals surface area contributed by atoms with Gasteiger partial charge in [0.1, 0.15) is 11.6 Å². The zero-order valence-electron chi connectivity index (χ0n) is 25.3. The molecule has 11 nitrogen and oxygen atoms in total. The third kappa shape index (κ3) is 7.06. The summed E-state index contributed by atoms with van der Waals surface area (Å²) in [5.74, 6) is -0.293. The number of imide groups is 1. The zero-order chi connectivity index (χ0) is 30.0. The molecule has 0 radical (unpaired) electrons. The molecular weight excluding hydrogens is 538 g/mol. The highest BCUT2D eigenvalue weighted by molar-refractivity contribution is 6.00. The molecule has 2 aliphatic heterocycles. The summed E-state index contributed by atoms with van der Waals surface area (Å²) < 4.78 is 14.7. The Morgan fingerprint density at radius 3 is 2.38 bits per heavy atom. The van der Waals surface area contributed by atoms with E-state index in [9.17, 15) is 19.2 Å². The summed E-state index contributed by atoms with van der Waals surface area (Å²) in [5, 5.41) is 5.35. The fourth-order valence-electron chi connectivity index (χ4n) is 6.55. The Bertz CT molecular complexity index is 1360. The van der Waals surface area contributed by atoms with Crippen LogP contribution >= 0.6 is 0 Å². The quantitative estimate of drug-likeness (QED) is 0.479. The number of hydrogen-bond donors (Lipinski definition) is 2. The lowest BCUT2D eigenvalue weighted by Gasteiger charge is -2.33. The van der Waals surface area contributed by atoms with Gasteiger partial charge in [-0.05, 0) is 102 Å². The maximum absolute atomic E-state index is 13.1. The van der Waals surface area contributed by atoms with E-state index in [1.807, 2.05) is 26.8 Å². The predicted octanol–water partition coefficient (Wildman–Crippen LogP) is 3.35. The number of nitrogens with one attached hydrogen (secondary N) is 2. The normalized spacial score (nSPS) is 24.5. The van der Waals surface area contributed by atoms with Gasteiger partial charge in [-0.1, -0.05) is 6.07 Å². The summed E-state index contributed by atoms with van der Waals surface area (Å²) >= 11 is 0. The number of aromatic nitrogens is 2. The first kappa shape index (κ1) is 30.3. The molecular formula is C31H45N5O6. The highest BCUT2D eigenvalue weighted by Crippen LogP contribution is 2.31. The van der Waals surface area contributed by atoms with Crippen molar-refractivity contribution in [3.8, 4) is 0 Å². The summed E-state index contributed by atoms with van der Waals surface area (Å²) in [6.45, 7) is 9.22. The Hall–Kier alpha value is -3.18. The minimum Gasteiger partial charge on any atom is -0.444 e. The van der Waals surface area contributed by atoms with Crippen LogP contribution in [0.1, 0.15) is 89.7 Å². The average Bonchev–Trinajstić information content (AvgIpc) is 3.18. The SMILES string of the molecule is Cn1c(=O)n(C2CCC(=O)NC2=O)c2ccc(C3CCN(CCOC4CCC(NC(=O)OC(C)(C)C)CC4)CC3)cc21. The summed E-state index contributed by atoms with van der Waals surface area (Å²) in [5.41, 5.74) is 2.03. The standard InChI is InChI=1S/C31H45N5O6/c1-31(2,3)42-29(39)32-22-6-8-23(9-7-22)41-18-17-35-15-13-20(14-16-35)21-5-10-24-26(19-21)34(4)30(40)36(24)25-11-12-27(37)33-28(25)38/h5,10,19-20,22-23,25H,6-9,11-18H2,1-4H3,(H,32,39)(H,33,37,38). The summed E-state index contributed by atoms with van der Waals surface area (Å²) in [6, 6.07) is 5.61. The van der Waals surface area contributed by atoms with Crippen LogP contribution < -0.4 is 16.3 Å². The maximum Gasteiger partial charge on any atom is 0.407 e. The zero-order valence-corrected chi connectivity index (χ0v) is 25.3. The first-order valence-electron chi connectivity index (χ1n) is 15.4. The molecule has 230 valence electrons. The van der Waals surface area contributed by atoms with Gasteiger partial charge in [0, 0.05) is 26.1 Å². The van der Waals surface area contributed by atoms with Gasteiger partial charge in [-0.2, -0.15) is 0 Å². The number of carbonyl (C=O) groups excluding carboxylic acids is 3. The van der Waals surface area contributed by atoms with Gasteiger partial charge in [0.05, 0.1) is 23.7 Å². The third-order valence-electron chi connectivity index (χ3n) is 8.85. The molecule has 3 aliphatic rings. The smallest absolute Gasteiger partial charge is 0.407 e. The number of nitrogens with zero attached hydrogens (tertiary/aromatic N) is 3. The van der Waals surface area contributed by atoms with E-state index in [2.05, 4.69) is 27.7 Å². The van der Waals surface area contributed by atoms with Gasteiger partial charge >= 0.3 is 11.8 Å². The highest BCUT2D eigenvalue weighted by atomic mass is 16.6. The Morgan fingerprint density at radius 2 is 1.71 bits per heavy atom. The number of aryl methyl sites for hydroxylation is 1. The maximum atomic E-state index is 13.1. The lowest BCUT2D eigenvalue weighted by Crippen LogP contribution is -2.44. The van der Waals surface area contributed by atoms with Gasteiger partial charge in [0.25, 0.3) is 0 Å². The number of ether oxygens (including phenoxy) is 2. The topological polar surface area (TPSA) is 124 Å². The van der Waals surface area contributed by atoms with E-state index in [-0.39, 0.29) is 36.3 Å². The molecule has 0 bridgehead atoms. The Kier molecular flexibility index (Phi) is 9.08. The fraction of sp³-hybridized carbons (Fsp3) is 0.677. The van der Waals surface area contributed by atoms with Crippen LogP contribution in [0, 0.1) is 0 Å². The largest absolute Gasteiger partial charge is 0.444 e. The highest BCUT2D eigenvalue weighted by Gasteiger charge is 2.32. The number of imidazole rings is 1. The van der Waals surface area contributed by atoms with Crippen molar-refractivity contribution in [2.45, 2.75) is 102 Å². The van der Waals surface area contributed by atoms with E-state index in [0.29, 0.717) is 18.9 Å². The average molecular weight is 584 g/mol. The van der Waals surface area contributed by atoms with Crippen molar-refractivity contribution < 1.29 is 23.9 Å². The van der Waals surface area contributed by atoms with Gasteiger partial charge in [-0.3, -0.25) is 24.0 Å². The molecule has 3 fully saturated rings. The molecule has 2 saturated heterocycles. The molecule has 1 unspecified atom stereocenters. The van der Waals surface area contributed by atoms with Crippen LogP contribution in [-0.2, 0) is 26.1 Å². The minimum atomic E-state index is -0.667. The summed E-state index contributed by atoms with van der Waals surface area (Å²) in [6.07, 6.45) is 6.23. The number of fused-ring (bicyclic) bond motifs is 1. The van der Waals surface area contributed by atoms with Crippen LogP contribution in [0.15, 0.2) is 23.0 Å². The summed E-state index contributed by atoms with van der Waals surface area (Å²) in [7, 11) is 1.74. The first-order chi connectivity index (χ1) is 20.0. The van der Waals surface area contributed by atoms with Crippen LogP contribution in [0.25, 0.3) is 11.0 Å². The second-order valence-electron chi connectivity index (χ2n) is 13.0. The number of hydrogen-bond acceptors (Lipinski definition) is 7. The van der Waals surface area contributed by atoms with E-state index in [1.165, 1.54) is 10.1 Å². The molecule has 5 rings (SSSR count). The van der Waals surface area contributed by atoms with Crippen LogP contribution in [0.3, 0.4) is 0 Å². The van der Waals surface area contributed by atoms with Gasteiger partial charge < -0.3 is 19.7 Å². The molecule has 1 saturated carbocycles. The molecule has 3 amide bonds. The predicted molar refractivity (Wildman–Crippen MR) is 158 cm³/mol. The molecule has 1 aromatic carbocycles. The van der Waals surface area contributed by atoms with Crippen LogP contribution in [0.4, 0.5) is 4.79 Å². The second-order valence-corrected chi connectivity index (χ2v) is 13.0. The van der Waals surface area contributed by atoms with E-state index >= 15 is 0 Å². The number of carbonyl (C=O) groups is 3. The van der Waals surface area contributed by atoms with Gasteiger partial charge in [0.2, 0.25) is 11.8 Å². The number of benzene rings is 1. The van der Waals surface area contributed by atoms with Gasteiger partial charge in [-0.25, -0.2) is 9.59 Å². The van der Waals surface area contributed by atoms with Crippen molar-refractivity contribution in [2.24, 2.45) is 7.05 Å². The molecule has 2 aromatic rings. The van der Waals surface area contributed by atoms with Crippen molar-refractivity contribution in [1.29, 1.82) is 0 Å². The van der Waals surface area contributed by atoms with Crippen molar-refractivity contribution in [3.63, 3.8) is 0 Å². The van der Waals surface area contributed by atoms with E-state index in [0.717, 1.165) is 69.2 Å². The fourth-order valence-corrected chi connectivity index (χ4v) is 6.55. The molecule has 11 heteroatoms. The Labute approximate surface area is 246 Å². The van der Waals surface area contributed by atoms with Crippen molar-refractivity contribution >= 4 is 28.9 Å². The number of rotatable bonds is 7. The summed E-state index contributed by atoms with van der Waals surface area (Å²) in [4.78, 5) is 51.6. The lowest BCUT2D eigenvalue weighted by molar-refractivity contribution is -0.135. The van der Waals surface area contributed by atoms with Gasteiger partial charge in [-0.15, -0.1) is 0 Å². The van der Waals surface area contributed by atoms with Crippen LogP contribution in [-0.4, -0.2) is 75.9 Å².